The zero-order chi connectivity index (χ0) is 25.4. The van der Waals surface area contributed by atoms with Crippen LogP contribution in [0.25, 0.3) is 28.0 Å². The highest BCUT2D eigenvalue weighted by Crippen LogP contribution is 2.26. The largest absolute Gasteiger partial charge is 0.486 e. The van der Waals surface area contributed by atoms with Crippen LogP contribution in [-0.4, -0.2) is 24.4 Å². The lowest BCUT2D eigenvalue weighted by Crippen LogP contribution is -2.24. The van der Waals surface area contributed by atoms with Gasteiger partial charge in [-0.1, -0.05) is 69.2 Å². The van der Waals surface area contributed by atoms with Crippen LogP contribution in [0.4, 0.5) is 0 Å². The Morgan fingerprint density at radius 3 is 2.46 bits per heavy atom. The molecular weight excluding hydrogens is 574 g/mol. The van der Waals surface area contributed by atoms with Gasteiger partial charge in [0.15, 0.2) is 5.82 Å². The highest BCUT2D eigenvalue weighted by atomic mass is 79.9. The second kappa shape index (κ2) is 9.93. The Morgan fingerprint density at radius 1 is 0.973 bits per heavy atom. The number of hydrogen-bond donors (Lipinski definition) is 0. The number of fused-ring (bicyclic) bond motifs is 1. The zero-order valence-corrected chi connectivity index (χ0v) is 22.2. The summed E-state index contributed by atoms with van der Waals surface area (Å²) in [6, 6.07) is 24.8. The molecule has 0 fully saturated rings. The number of benzene rings is 3. The fourth-order valence-electron chi connectivity index (χ4n) is 3.79. The molecule has 37 heavy (non-hydrogen) atoms. The Balaban J connectivity index is 1.36. The standard InChI is InChI=1S/C27H17BrClN5O2S/c28-19-8-12-22(13-9-19)36-16-24-30-27-34(31-24)26(35)23(37-27)14-18-15-33(21-4-2-1-3-5-21)32-25(18)17-6-10-20(29)11-7-17/h1-15H,16H2/b23-14-. The summed E-state index contributed by atoms with van der Waals surface area (Å²) >= 11 is 10.8. The minimum atomic E-state index is -0.239. The Labute approximate surface area is 228 Å². The molecule has 10 heteroatoms. The molecular formula is C27H17BrClN5O2S. The van der Waals surface area contributed by atoms with Crippen LogP contribution in [0.15, 0.2) is 94.3 Å². The number of aromatic nitrogens is 5. The smallest absolute Gasteiger partial charge is 0.291 e. The van der Waals surface area contributed by atoms with E-state index in [-0.39, 0.29) is 12.2 Å². The van der Waals surface area contributed by atoms with Crippen molar-refractivity contribution in [3.05, 3.63) is 121 Å². The Hall–Kier alpha value is -3.79. The van der Waals surface area contributed by atoms with Gasteiger partial charge >= 0.3 is 0 Å². The van der Waals surface area contributed by atoms with Gasteiger partial charge in [0, 0.05) is 26.8 Å². The summed E-state index contributed by atoms with van der Waals surface area (Å²) < 4.78 is 10.3. The van der Waals surface area contributed by atoms with Gasteiger partial charge in [0.05, 0.1) is 10.2 Å². The molecule has 3 aromatic carbocycles. The van der Waals surface area contributed by atoms with Gasteiger partial charge in [-0.05, 0) is 54.6 Å². The summed E-state index contributed by atoms with van der Waals surface area (Å²) in [5.41, 5.74) is 3.10. The topological polar surface area (TPSA) is 74.3 Å². The summed E-state index contributed by atoms with van der Waals surface area (Å²) in [6.45, 7) is 0.166. The van der Waals surface area contributed by atoms with Crippen LogP contribution in [0, 0.1) is 0 Å². The molecule has 3 aromatic heterocycles. The molecule has 0 aliphatic carbocycles. The fourth-order valence-corrected chi connectivity index (χ4v) is 5.10. The molecule has 182 valence electrons. The van der Waals surface area contributed by atoms with E-state index in [0.29, 0.717) is 26.1 Å². The molecule has 0 saturated carbocycles. The van der Waals surface area contributed by atoms with Gasteiger partial charge in [-0.2, -0.15) is 14.6 Å². The van der Waals surface area contributed by atoms with E-state index in [0.717, 1.165) is 27.0 Å². The maximum Gasteiger partial charge on any atom is 0.291 e. The lowest BCUT2D eigenvalue weighted by atomic mass is 10.1. The van der Waals surface area contributed by atoms with Crippen LogP contribution in [0.3, 0.4) is 0 Å². The molecule has 7 nitrogen and oxygen atoms in total. The molecule has 0 bridgehead atoms. The number of halogens is 2. The highest BCUT2D eigenvalue weighted by molar-refractivity contribution is 9.10. The van der Waals surface area contributed by atoms with Crippen LogP contribution in [-0.2, 0) is 6.61 Å². The van der Waals surface area contributed by atoms with Crippen molar-refractivity contribution >= 4 is 49.9 Å². The quantitative estimate of drug-likeness (QED) is 0.254. The molecule has 0 N–H and O–H groups in total. The van der Waals surface area contributed by atoms with E-state index in [2.05, 4.69) is 26.0 Å². The number of ether oxygens (including phenoxy) is 1. The normalized spacial score (nSPS) is 11.9. The lowest BCUT2D eigenvalue weighted by molar-refractivity contribution is 0.296. The Morgan fingerprint density at radius 2 is 1.73 bits per heavy atom. The molecule has 3 heterocycles. The van der Waals surface area contributed by atoms with Crippen molar-refractivity contribution in [2.24, 2.45) is 0 Å². The van der Waals surface area contributed by atoms with E-state index >= 15 is 0 Å². The van der Waals surface area contributed by atoms with E-state index in [4.69, 9.17) is 21.4 Å². The van der Waals surface area contributed by atoms with Gasteiger partial charge in [0.25, 0.3) is 5.56 Å². The molecule has 6 aromatic rings. The number of rotatable bonds is 6. The third kappa shape index (κ3) is 4.93. The third-order valence-corrected chi connectivity index (χ3v) is 7.31. The summed E-state index contributed by atoms with van der Waals surface area (Å²) in [5, 5.41) is 9.81. The van der Waals surface area contributed by atoms with Crippen molar-refractivity contribution in [1.82, 2.24) is 24.4 Å². The van der Waals surface area contributed by atoms with Crippen molar-refractivity contribution < 1.29 is 4.74 Å². The second-order valence-electron chi connectivity index (χ2n) is 8.10. The zero-order valence-electron chi connectivity index (χ0n) is 19.1. The van der Waals surface area contributed by atoms with E-state index in [1.165, 1.54) is 15.9 Å². The van der Waals surface area contributed by atoms with Crippen molar-refractivity contribution in [2.75, 3.05) is 0 Å². The van der Waals surface area contributed by atoms with E-state index in [1.807, 2.05) is 91.1 Å². The summed E-state index contributed by atoms with van der Waals surface area (Å²) in [4.78, 5) is 18.2. The molecule has 6 rings (SSSR count). The molecule has 0 spiro atoms. The first-order chi connectivity index (χ1) is 18.0. The second-order valence-corrected chi connectivity index (χ2v) is 10.5. The molecule has 0 aliphatic rings. The first-order valence-corrected chi connectivity index (χ1v) is 13.2. The van der Waals surface area contributed by atoms with Gasteiger partial charge in [-0.25, -0.2) is 4.68 Å². The minimum Gasteiger partial charge on any atom is -0.486 e. The van der Waals surface area contributed by atoms with Crippen LogP contribution in [0.1, 0.15) is 11.4 Å². The number of para-hydroxylation sites is 1. The van der Waals surface area contributed by atoms with Gasteiger partial charge < -0.3 is 4.74 Å². The monoisotopic (exact) mass is 589 g/mol. The maximum absolute atomic E-state index is 13.2. The van der Waals surface area contributed by atoms with Crippen LogP contribution < -0.4 is 14.8 Å². The minimum absolute atomic E-state index is 0.166. The highest BCUT2D eigenvalue weighted by Gasteiger charge is 2.14. The SMILES string of the molecule is O=c1/c(=C/c2cn(-c3ccccc3)nc2-c2ccc(Cl)cc2)sc2nc(COc3ccc(Br)cc3)nn12. The van der Waals surface area contributed by atoms with Crippen molar-refractivity contribution in [1.29, 1.82) is 0 Å². The van der Waals surface area contributed by atoms with Crippen LogP contribution in [0.2, 0.25) is 5.02 Å². The predicted molar refractivity (Wildman–Crippen MR) is 148 cm³/mol. The predicted octanol–water partition coefficient (Wildman–Crippen LogP) is 5.55. The molecule has 0 radical (unpaired) electrons. The van der Waals surface area contributed by atoms with Crippen molar-refractivity contribution in [3.8, 4) is 22.7 Å². The van der Waals surface area contributed by atoms with Crippen molar-refractivity contribution in [3.63, 3.8) is 0 Å². The van der Waals surface area contributed by atoms with Gasteiger partial charge in [0.1, 0.15) is 18.1 Å². The van der Waals surface area contributed by atoms with E-state index in [9.17, 15) is 4.79 Å². The van der Waals surface area contributed by atoms with E-state index < -0.39 is 0 Å². The molecule has 0 saturated heterocycles. The summed E-state index contributed by atoms with van der Waals surface area (Å²) in [7, 11) is 0. The third-order valence-electron chi connectivity index (χ3n) is 5.57. The van der Waals surface area contributed by atoms with Crippen LogP contribution >= 0.6 is 38.9 Å². The van der Waals surface area contributed by atoms with Gasteiger partial charge in [-0.3, -0.25) is 4.79 Å². The molecule has 0 aliphatic heterocycles. The Bertz CT molecular complexity index is 1810. The average Bonchev–Trinajstić information content (AvgIpc) is 3.60. The average molecular weight is 591 g/mol. The van der Waals surface area contributed by atoms with Gasteiger partial charge in [-0.15, -0.1) is 5.10 Å². The number of nitrogens with zero attached hydrogens (tertiary/aromatic N) is 5. The lowest BCUT2D eigenvalue weighted by Gasteiger charge is -2.02. The fraction of sp³-hybridized carbons (Fsp3) is 0.0370. The van der Waals surface area contributed by atoms with Crippen LogP contribution in [0.5, 0.6) is 5.75 Å². The molecule has 0 atom stereocenters. The van der Waals surface area contributed by atoms with E-state index in [1.54, 1.807) is 4.68 Å². The summed E-state index contributed by atoms with van der Waals surface area (Å²) in [6.07, 6.45) is 3.74. The van der Waals surface area contributed by atoms with Crippen molar-refractivity contribution in [2.45, 2.75) is 6.61 Å². The first-order valence-electron chi connectivity index (χ1n) is 11.2. The molecule has 0 unspecified atom stereocenters. The maximum atomic E-state index is 13.2. The van der Waals surface area contributed by atoms with Gasteiger partial charge in [0.2, 0.25) is 4.96 Å². The molecule has 0 amide bonds. The summed E-state index contributed by atoms with van der Waals surface area (Å²) in [5.74, 6) is 1.14. The first kappa shape index (κ1) is 23.6. The Kier molecular flexibility index (Phi) is 6.33. The number of hydrogen-bond acceptors (Lipinski definition) is 6. The number of thiazole rings is 1.